The number of phosphoric acid groups is 1. The second-order valence-corrected chi connectivity index (χ2v) is 5.95. The van der Waals surface area contributed by atoms with Crippen molar-refractivity contribution in [2.75, 3.05) is 5.08 Å². The Morgan fingerprint density at radius 1 is 0.875 bits per heavy atom. The van der Waals surface area contributed by atoms with Gasteiger partial charge >= 0.3 is 66.9 Å². The Bertz CT molecular complexity index is 364. The molecule has 10 nitrogen and oxygen atoms in total. The van der Waals surface area contributed by atoms with E-state index in [1.807, 2.05) is 0 Å². The summed E-state index contributed by atoms with van der Waals surface area (Å²) in [5.41, 5.74) is 0. The Hall–Kier alpha value is 1.93. The van der Waals surface area contributed by atoms with Crippen LogP contribution in [-0.2, 0) is 24.8 Å². The molecule has 16 heavy (non-hydrogen) atoms. The van der Waals surface area contributed by atoms with Crippen molar-refractivity contribution in [3.63, 3.8) is 0 Å². The first kappa shape index (κ1) is 26.5. The Labute approximate surface area is 136 Å². The van der Waals surface area contributed by atoms with E-state index in [1.54, 1.807) is 0 Å². The maximum atomic E-state index is 9.51. The first-order valence-corrected chi connectivity index (χ1v) is 7.08. The molecule has 0 aromatic carbocycles. The predicted molar refractivity (Wildman–Crippen MR) is 38.5 cm³/mol. The largest absolute Gasteiger partial charge is 1.00 e. The van der Waals surface area contributed by atoms with Gasteiger partial charge in [0.05, 0.1) is 0 Å². The fourth-order valence-electron chi connectivity index (χ4n) is 0.177. The van der Waals surface area contributed by atoms with Gasteiger partial charge in [-0.25, -0.2) is 21.4 Å². The first-order valence-electron chi connectivity index (χ1n) is 2.36. The molecular formula is CH5Na2O10PS2. The summed E-state index contributed by atoms with van der Waals surface area (Å²) in [6.45, 7) is 0. The molecule has 0 fully saturated rings. The zero-order valence-electron chi connectivity index (χ0n) is 8.17. The zero-order valence-corrected chi connectivity index (χ0v) is 14.7. The van der Waals surface area contributed by atoms with Crippen molar-refractivity contribution < 1.29 is 104 Å². The molecule has 88 valence electrons. The third-order valence-corrected chi connectivity index (χ3v) is 2.60. The van der Waals surface area contributed by atoms with Gasteiger partial charge in [-0.05, 0) is 0 Å². The molecule has 0 radical (unpaired) electrons. The molecular weight excluding hydrogens is 313 g/mol. The zero-order chi connectivity index (χ0) is 12.2. The molecule has 0 aromatic heterocycles. The topological polar surface area (TPSA) is 192 Å². The molecule has 0 aromatic rings. The molecule has 0 spiro atoms. The number of rotatable bonds is 2. The summed E-state index contributed by atoms with van der Waals surface area (Å²) in [4.78, 5) is 21.6. The SMILES string of the molecule is O=P(O)(O)O.O=S(=O)([O-])CS(=O)(=O)[O-].[Na+].[Na+]. The number of hydrogen-bond acceptors (Lipinski definition) is 7. The van der Waals surface area contributed by atoms with Crippen LogP contribution in [0.4, 0.5) is 0 Å². The van der Waals surface area contributed by atoms with E-state index in [2.05, 4.69) is 0 Å². The molecule has 0 aliphatic rings. The van der Waals surface area contributed by atoms with Crippen molar-refractivity contribution in [2.45, 2.75) is 0 Å². The van der Waals surface area contributed by atoms with Crippen molar-refractivity contribution in [2.24, 2.45) is 0 Å². The molecule has 0 saturated carbocycles. The molecule has 0 rings (SSSR count). The maximum Gasteiger partial charge on any atom is 1.00 e. The summed E-state index contributed by atoms with van der Waals surface area (Å²) >= 11 is 0. The second-order valence-electron chi connectivity index (χ2n) is 1.75. The molecule has 0 saturated heterocycles. The Morgan fingerprint density at radius 2 is 1.00 bits per heavy atom. The minimum atomic E-state index is -4.93. The average molecular weight is 318 g/mol. The average Bonchev–Trinajstić information content (AvgIpc) is 1.42. The van der Waals surface area contributed by atoms with Gasteiger partial charge in [0.2, 0.25) is 0 Å². The van der Waals surface area contributed by atoms with Gasteiger partial charge in [0.15, 0.2) is 0 Å². The van der Waals surface area contributed by atoms with Crippen molar-refractivity contribution in [1.29, 1.82) is 0 Å². The van der Waals surface area contributed by atoms with E-state index in [0.29, 0.717) is 0 Å². The Balaban J connectivity index is -0.0000000904. The van der Waals surface area contributed by atoms with Crippen molar-refractivity contribution >= 4 is 28.1 Å². The number of hydrogen-bond donors (Lipinski definition) is 3. The van der Waals surface area contributed by atoms with Gasteiger partial charge in [0.1, 0.15) is 25.3 Å². The molecule has 0 unspecified atom stereocenters. The van der Waals surface area contributed by atoms with E-state index in [4.69, 9.17) is 19.2 Å². The molecule has 3 N–H and O–H groups in total. The normalized spacial score (nSPS) is 11.3. The van der Waals surface area contributed by atoms with Crippen LogP contribution in [0.3, 0.4) is 0 Å². The fourth-order valence-corrected chi connectivity index (χ4v) is 1.59. The van der Waals surface area contributed by atoms with Gasteiger partial charge < -0.3 is 23.8 Å². The van der Waals surface area contributed by atoms with E-state index in [1.165, 1.54) is 0 Å². The van der Waals surface area contributed by atoms with E-state index in [-0.39, 0.29) is 59.1 Å². The minimum Gasteiger partial charge on any atom is -0.747 e. The molecule has 0 aliphatic carbocycles. The van der Waals surface area contributed by atoms with E-state index < -0.39 is 33.1 Å². The maximum absolute atomic E-state index is 9.51. The summed E-state index contributed by atoms with van der Waals surface area (Å²) in [6, 6.07) is 0. The van der Waals surface area contributed by atoms with Crippen molar-refractivity contribution in [1.82, 2.24) is 0 Å². The van der Waals surface area contributed by atoms with Crippen LogP contribution in [0.2, 0.25) is 0 Å². The fraction of sp³-hybridized carbons (Fsp3) is 1.00. The molecule has 0 aliphatic heterocycles. The van der Waals surface area contributed by atoms with Gasteiger partial charge in [-0.3, -0.25) is 0 Å². The van der Waals surface area contributed by atoms with Gasteiger partial charge in [-0.2, -0.15) is 0 Å². The van der Waals surface area contributed by atoms with Crippen LogP contribution in [0.25, 0.3) is 0 Å². The Kier molecular flexibility index (Phi) is 16.2. The van der Waals surface area contributed by atoms with Crippen molar-refractivity contribution in [3.8, 4) is 0 Å². The van der Waals surface area contributed by atoms with Crippen molar-refractivity contribution in [3.05, 3.63) is 0 Å². The molecule has 15 heteroatoms. The van der Waals surface area contributed by atoms with Crippen LogP contribution in [0.1, 0.15) is 0 Å². The van der Waals surface area contributed by atoms with Gasteiger partial charge in [0, 0.05) is 0 Å². The minimum absolute atomic E-state index is 0. The van der Waals surface area contributed by atoms with E-state index in [9.17, 15) is 25.9 Å². The van der Waals surface area contributed by atoms with Crippen LogP contribution in [0, 0.1) is 0 Å². The summed E-state index contributed by atoms with van der Waals surface area (Å²) < 4.78 is 66.0. The van der Waals surface area contributed by atoms with Gasteiger partial charge in [-0.15, -0.1) is 0 Å². The second kappa shape index (κ2) is 9.81. The molecule has 0 amide bonds. The monoisotopic (exact) mass is 318 g/mol. The van der Waals surface area contributed by atoms with Crippen LogP contribution in [-0.4, -0.2) is 45.7 Å². The smallest absolute Gasteiger partial charge is 0.747 e. The Morgan fingerprint density at radius 3 is 1.00 bits per heavy atom. The van der Waals surface area contributed by atoms with Crippen LogP contribution in [0.15, 0.2) is 0 Å². The summed E-state index contributed by atoms with van der Waals surface area (Å²) in [7, 11) is -14.5. The third-order valence-electron chi connectivity index (χ3n) is 0.289. The quantitative estimate of drug-likeness (QED) is 0.250. The summed E-state index contributed by atoms with van der Waals surface area (Å²) in [6.07, 6.45) is 0. The summed E-state index contributed by atoms with van der Waals surface area (Å²) in [5.74, 6) is 0. The van der Waals surface area contributed by atoms with Gasteiger partial charge in [-0.1, -0.05) is 0 Å². The van der Waals surface area contributed by atoms with Crippen LogP contribution < -0.4 is 59.1 Å². The molecule has 0 bridgehead atoms. The van der Waals surface area contributed by atoms with E-state index in [0.717, 1.165) is 0 Å². The van der Waals surface area contributed by atoms with E-state index >= 15 is 0 Å². The first-order chi connectivity index (χ1) is 5.71. The molecule has 0 atom stereocenters. The summed E-state index contributed by atoms with van der Waals surface area (Å²) in [5, 5.41) is -1.88. The predicted octanol–water partition coefficient (Wildman–Crippen LogP) is -8.89. The molecule has 0 heterocycles. The van der Waals surface area contributed by atoms with Crippen LogP contribution >= 0.6 is 7.82 Å². The standard InChI is InChI=1S/CH4O6S2.2Na.H3O4P/c2-8(3,4)1-9(5,6)7;;;1-5(2,3)4/h1H2,(H,2,3,4)(H,5,6,7);;;(H3,1,2,3,4)/q;2*+1;/p-2. The van der Waals surface area contributed by atoms with Crippen LogP contribution in [0.5, 0.6) is 0 Å². The van der Waals surface area contributed by atoms with Gasteiger partial charge in [0.25, 0.3) is 0 Å². The third kappa shape index (κ3) is 56.5.